The van der Waals surface area contributed by atoms with Crippen molar-refractivity contribution in [3.05, 3.63) is 29.8 Å². The number of anilines is 1. The summed E-state index contributed by atoms with van der Waals surface area (Å²) >= 11 is 0. The summed E-state index contributed by atoms with van der Waals surface area (Å²) in [5, 5.41) is 11.5. The first-order valence-corrected chi connectivity index (χ1v) is 11.2. The summed E-state index contributed by atoms with van der Waals surface area (Å²) in [5.41, 5.74) is 1.74. The van der Waals surface area contributed by atoms with Crippen LogP contribution in [0.15, 0.2) is 24.3 Å². The van der Waals surface area contributed by atoms with Gasteiger partial charge in [-0.25, -0.2) is 0 Å². The minimum atomic E-state index is -0.554. The molecule has 152 valence electrons. The molecule has 0 saturated carbocycles. The van der Waals surface area contributed by atoms with E-state index in [1.165, 1.54) is 18.4 Å². The monoisotopic (exact) mass is 383 g/mol. The minimum absolute atomic E-state index is 0.253. The number of carbonyl (C=O) groups excluding carboxylic acids is 1. The lowest BCUT2D eigenvalue weighted by atomic mass is 9.79. The Kier molecular flexibility index (Phi) is 4.93. The van der Waals surface area contributed by atoms with Crippen LogP contribution in [0.3, 0.4) is 0 Å². The standard InChI is InChI=1S/C23H33N3O2/c27-22-16-18-6-1-2-7-20(18)26(22)19-9-14-24(15-10-19)17-23(28)11-5-13-25-12-4-3-8-21(23)25/h1-2,6-7,19,21,28H,3-5,8-17H2/t21-,23-/m1/s1. The van der Waals surface area contributed by atoms with Gasteiger partial charge in [0.2, 0.25) is 5.91 Å². The maximum atomic E-state index is 12.6. The number of para-hydroxylation sites is 1. The van der Waals surface area contributed by atoms with E-state index in [1.54, 1.807) is 0 Å². The molecule has 5 nitrogen and oxygen atoms in total. The van der Waals surface area contributed by atoms with Gasteiger partial charge < -0.3 is 14.9 Å². The topological polar surface area (TPSA) is 47.0 Å². The number of hydrogen-bond donors (Lipinski definition) is 1. The van der Waals surface area contributed by atoms with Crippen LogP contribution in [0.1, 0.15) is 50.5 Å². The van der Waals surface area contributed by atoms with Gasteiger partial charge >= 0.3 is 0 Å². The lowest BCUT2D eigenvalue weighted by molar-refractivity contribution is -0.119. The summed E-state index contributed by atoms with van der Waals surface area (Å²) in [7, 11) is 0. The normalized spacial score (nSPS) is 32.4. The van der Waals surface area contributed by atoms with Crippen molar-refractivity contribution in [2.75, 3.05) is 37.6 Å². The largest absolute Gasteiger partial charge is 0.387 e. The highest BCUT2D eigenvalue weighted by Crippen LogP contribution is 2.36. The predicted molar refractivity (Wildman–Crippen MR) is 110 cm³/mol. The number of fused-ring (bicyclic) bond motifs is 2. The Labute approximate surface area is 168 Å². The van der Waals surface area contributed by atoms with E-state index >= 15 is 0 Å². The molecule has 3 saturated heterocycles. The van der Waals surface area contributed by atoms with Crippen LogP contribution in [-0.4, -0.2) is 71.2 Å². The summed E-state index contributed by atoms with van der Waals surface area (Å²) < 4.78 is 0. The fraction of sp³-hybridized carbons (Fsp3) is 0.696. The van der Waals surface area contributed by atoms with Crippen LogP contribution in [0.2, 0.25) is 0 Å². The molecule has 1 N–H and O–H groups in total. The van der Waals surface area contributed by atoms with Crippen LogP contribution < -0.4 is 4.90 Å². The van der Waals surface area contributed by atoms with E-state index in [1.807, 2.05) is 12.1 Å². The van der Waals surface area contributed by atoms with E-state index in [4.69, 9.17) is 0 Å². The minimum Gasteiger partial charge on any atom is -0.387 e. The fourth-order valence-corrected chi connectivity index (χ4v) is 6.21. The smallest absolute Gasteiger partial charge is 0.231 e. The second-order valence-electron chi connectivity index (χ2n) is 9.33. The predicted octanol–water partition coefficient (Wildman–Crippen LogP) is 2.42. The molecule has 4 aliphatic rings. The molecular formula is C23H33N3O2. The maximum absolute atomic E-state index is 12.6. The molecular weight excluding hydrogens is 350 g/mol. The average molecular weight is 384 g/mol. The van der Waals surface area contributed by atoms with Crippen molar-refractivity contribution in [1.29, 1.82) is 0 Å². The molecule has 2 atom stereocenters. The Morgan fingerprint density at radius 1 is 1.00 bits per heavy atom. The van der Waals surface area contributed by atoms with Crippen molar-refractivity contribution >= 4 is 11.6 Å². The van der Waals surface area contributed by atoms with Crippen LogP contribution in [0.5, 0.6) is 0 Å². The Balaban J connectivity index is 1.22. The second kappa shape index (κ2) is 7.43. The van der Waals surface area contributed by atoms with Gasteiger partial charge in [0.1, 0.15) is 0 Å². The van der Waals surface area contributed by atoms with Crippen LogP contribution in [0.25, 0.3) is 0 Å². The van der Waals surface area contributed by atoms with Gasteiger partial charge in [0.25, 0.3) is 0 Å². The number of benzene rings is 1. The van der Waals surface area contributed by atoms with Crippen LogP contribution in [0.4, 0.5) is 5.69 Å². The molecule has 0 bridgehead atoms. The summed E-state index contributed by atoms with van der Waals surface area (Å²) in [4.78, 5) is 19.7. The molecule has 0 spiro atoms. The molecule has 28 heavy (non-hydrogen) atoms. The Morgan fingerprint density at radius 3 is 2.64 bits per heavy atom. The van der Waals surface area contributed by atoms with Gasteiger partial charge in [-0.1, -0.05) is 24.6 Å². The van der Waals surface area contributed by atoms with Crippen molar-refractivity contribution < 1.29 is 9.90 Å². The van der Waals surface area contributed by atoms with Crippen LogP contribution in [0, 0.1) is 0 Å². The third kappa shape index (κ3) is 3.27. The number of piperidine rings is 3. The van der Waals surface area contributed by atoms with Crippen molar-refractivity contribution in [3.63, 3.8) is 0 Å². The molecule has 0 aliphatic carbocycles. The van der Waals surface area contributed by atoms with E-state index in [0.717, 1.165) is 70.5 Å². The van der Waals surface area contributed by atoms with Gasteiger partial charge in [-0.2, -0.15) is 0 Å². The molecule has 4 heterocycles. The molecule has 5 rings (SSSR count). The molecule has 3 fully saturated rings. The summed E-state index contributed by atoms with van der Waals surface area (Å²) in [6.45, 7) is 5.07. The van der Waals surface area contributed by atoms with Crippen molar-refractivity contribution in [3.8, 4) is 0 Å². The zero-order valence-electron chi connectivity index (χ0n) is 16.9. The Hall–Kier alpha value is -1.43. The Morgan fingerprint density at radius 2 is 1.79 bits per heavy atom. The van der Waals surface area contributed by atoms with Crippen LogP contribution in [-0.2, 0) is 11.2 Å². The van der Waals surface area contributed by atoms with Crippen molar-refractivity contribution in [2.45, 2.75) is 69.1 Å². The number of nitrogens with zero attached hydrogens (tertiary/aromatic N) is 3. The van der Waals surface area contributed by atoms with Crippen molar-refractivity contribution in [2.24, 2.45) is 0 Å². The number of aliphatic hydroxyl groups is 1. The lowest BCUT2D eigenvalue weighted by Crippen LogP contribution is -2.63. The zero-order chi connectivity index (χ0) is 19.1. The first-order valence-electron chi connectivity index (χ1n) is 11.2. The number of carbonyl (C=O) groups is 1. The third-order valence-electron chi connectivity index (χ3n) is 7.57. The first kappa shape index (κ1) is 18.6. The number of amides is 1. The third-order valence-corrected chi connectivity index (χ3v) is 7.57. The molecule has 1 aromatic rings. The second-order valence-corrected chi connectivity index (χ2v) is 9.33. The molecule has 5 heteroatoms. The van der Waals surface area contributed by atoms with Gasteiger partial charge in [-0.05, 0) is 63.2 Å². The number of β-amino-alcohol motifs (C(OH)–C–C–N with tert-alkyl or cyclic N) is 1. The SMILES string of the molecule is O=C1Cc2ccccc2N1C1CCN(C[C@]2(O)CCCN3CCCC[C@@H]32)CC1. The van der Waals surface area contributed by atoms with E-state index in [9.17, 15) is 9.90 Å². The average Bonchev–Trinajstić information content (AvgIpc) is 3.05. The fourth-order valence-electron chi connectivity index (χ4n) is 6.21. The molecule has 1 amide bonds. The summed E-state index contributed by atoms with van der Waals surface area (Å²) in [5.74, 6) is 0.253. The highest BCUT2D eigenvalue weighted by atomic mass is 16.3. The first-order chi connectivity index (χ1) is 13.6. The summed E-state index contributed by atoms with van der Waals surface area (Å²) in [6, 6.07) is 8.89. The van der Waals surface area contributed by atoms with E-state index in [-0.39, 0.29) is 5.91 Å². The maximum Gasteiger partial charge on any atom is 0.231 e. The van der Waals surface area contributed by atoms with Gasteiger partial charge in [0, 0.05) is 37.4 Å². The number of likely N-dealkylation sites (tertiary alicyclic amines) is 1. The van der Waals surface area contributed by atoms with E-state index in [2.05, 4.69) is 26.8 Å². The highest BCUT2D eigenvalue weighted by Gasteiger charge is 2.45. The Bertz CT molecular complexity index is 728. The number of hydrogen-bond acceptors (Lipinski definition) is 4. The molecule has 0 unspecified atom stereocenters. The van der Waals surface area contributed by atoms with E-state index in [0.29, 0.717) is 18.5 Å². The van der Waals surface area contributed by atoms with Gasteiger partial charge in [-0.15, -0.1) is 0 Å². The highest BCUT2D eigenvalue weighted by molar-refractivity contribution is 6.01. The van der Waals surface area contributed by atoms with Gasteiger partial charge in [0.15, 0.2) is 0 Å². The number of rotatable bonds is 3. The summed E-state index contributed by atoms with van der Waals surface area (Å²) in [6.07, 6.45) is 8.29. The lowest BCUT2D eigenvalue weighted by Gasteiger charge is -2.51. The molecule has 0 aromatic heterocycles. The zero-order valence-corrected chi connectivity index (χ0v) is 16.9. The van der Waals surface area contributed by atoms with Crippen LogP contribution >= 0.6 is 0 Å². The quantitative estimate of drug-likeness (QED) is 0.871. The molecule has 4 aliphatic heterocycles. The van der Waals surface area contributed by atoms with E-state index < -0.39 is 5.60 Å². The van der Waals surface area contributed by atoms with Crippen molar-refractivity contribution in [1.82, 2.24) is 9.80 Å². The van der Waals surface area contributed by atoms with Gasteiger partial charge in [-0.3, -0.25) is 9.69 Å². The molecule has 0 radical (unpaired) electrons. The molecule has 1 aromatic carbocycles. The van der Waals surface area contributed by atoms with Gasteiger partial charge in [0.05, 0.1) is 12.0 Å².